The molecule has 2 nitrogen and oxygen atoms in total. The number of rotatable bonds is 0. The minimum absolute atomic E-state index is 0.0607. The highest BCUT2D eigenvalue weighted by molar-refractivity contribution is 5.28. The lowest BCUT2D eigenvalue weighted by molar-refractivity contribution is -0.231. The van der Waals surface area contributed by atoms with Gasteiger partial charge in [0.15, 0.2) is 5.79 Å². The first-order valence-corrected chi connectivity index (χ1v) is 9.04. The molecule has 4 aliphatic rings. The van der Waals surface area contributed by atoms with Crippen LogP contribution in [0.3, 0.4) is 0 Å². The van der Waals surface area contributed by atoms with Crippen LogP contribution >= 0.6 is 0 Å². The van der Waals surface area contributed by atoms with E-state index in [1.807, 2.05) is 6.08 Å². The smallest absolute Gasteiger partial charge is 0.186 e. The van der Waals surface area contributed by atoms with E-state index in [-0.39, 0.29) is 11.3 Å². The fourth-order valence-electron chi connectivity index (χ4n) is 6.70. The van der Waals surface area contributed by atoms with E-state index in [0.717, 1.165) is 6.42 Å². The van der Waals surface area contributed by atoms with Gasteiger partial charge in [0.05, 0.1) is 0 Å². The second kappa shape index (κ2) is 4.35. The summed E-state index contributed by atoms with van der Waals surface area (Å²) in [6.45, 7) is 4.82. The van der Waals surface area contributed by atoms with E-state index in [1.54, 1.807) is 0 Å². The van der Waals surface area contributed by atoms with Gasteiger partial charge in [0.2, 0.25) is 0 Å². The number of hydrogen-bond acceptors (Lipinski definition) is 2. The van der Waals surface area contributed by atoms with Gasteiger partial charge in [0.25, 0.3) is 0 Å². The van der Waals surface area contributed by atoms with Crippen LogP contribution in [0.2, 0.25) is 0 Å². The molecular weight excluding hydrogens is 260 g/mol. The molecule has 0 radical (unpaired) electrons. The summed E-state index contributed by atoms with van der Waals surface area (Å²) < 4.78 is 0. The second-order valence-electron chi connectivity index (χ2n) is 8.90. The Morgan fingerprint density at radius 3 is 2.57 bits per heavy atom. The number of allylic oxidation sites excluding steroid dienone is 1. The largest absolute Gasteiger partial charge is 0.362 e. The highest BCUT2D eigenvalue weighted by Crippen LogP contribution is 2.66. The summed E-state index contributed by atoms with van der Waals surface area (Å²) in [7, 11) is 0. The average molecular weight is 290 g/mol. The van der Waals surface area contributed by atoms with E-state index < -0.39 is 5.79 Å². The molecule has 4 aliphatic carbocycles. The molecule has 0 spiro atoms. The zero-order valence-corrected chi connectivity index (χ0v) is 13.6. The molecule has 0 aromatic rings. The minimum Gasteiger partial charge on any atom is -0.362 e. The predicted molar refractivity (Wildman–Crippen MR) is 83.5 cm³/mol. The van der Waals surface area contributed by atoms with Crippen LogP contribution in [0.4, 0.5) is 0 Å². The highest BCUT2D eigenvalue weighted by atomic mass is 16.5. The summed E-state index contributed by atoms with van der Waals surface area (Å²) in [6.07, 6.45) is 12.9. The topological polar surface area (TPSA) is 40.5 Å². The fourth-order valence-corrected chi connectivity index (χ4v) is 6.70. The van der Waals surface area contributed by atoms with Crippen LogP contribution in [-0.2, 0) is 0 Å². The molecule has 3 fully saturated rings. The Bertz CT molecular complexity index is 480. The summed E-state index contributed by atoms with van der Waals surface area (Å²) in [5.41, 5.74) is 1.94. The van der Waals surface area contributed by atoms with Crippen LogP contribution in [0, 0.1) is 28.6 Å². The first-order chi connectivity index (χ1) is 9.87. The monoisotopic (exact) mass is 290 g/mol. The van der Waals surface area contributed by atoms with Gasteiger partial charge in [-0.05, 0) is 73.7 Å². The van der Waals surface area contributed by atoms with Gasteiger partial charge in [-0.25, -0.2) is 0 Å². The normalized spacial score (nSPS) is 51.6. The van der Waals surface area contributed by atoms with E-state index in [9.17, 15) is 10.2 Å². The molecule has 0 unspecified atom stereocenters. The van der Waals surface area contributed by atoms with Gasteiger partial charge in [-0.1, -0.05) is 32.3 Å². The molecule has 0 amide bonds. The molecule has 2 heteroatoms. The Kier molecular flexibility index (Phi) is 2.96. The third-order valence-corrected chi connectivity index (χ3v) is 7.87. The van der Waals surface area contributed by atoms with Crippen LogP contribution < -0.4 is 0 Å². The summed E-state index contributed by atoms with van der Waals surface area (Å²) in [5, 5.41) is 21.7. The quantitative estimate of drug-likeness (QED) is 0.522. The van der Waals surface area contributed by atoms with Gasteiger partial charge in [-0.2, -0.15) is 0 Å². The van der Waals surface area contributed by atoms with Crippen molar-refractivity contribution in [3.8, 4) is 0 Å². The van der Waals surface area contributed by atoms with E-state index in [4.69, 9.17) is 0 Å². The number of fused-ring (bicyclic) bond motifs is 5. The zero-order valence-electron chi connectivity index (χ0n) is 13.6. The summed E-state index contributed by atoms with van der Waals surface area (Å²) in [5.74, 6) is -0.523. The molecule has 21 heavy (non-hydrogen) atoms. The van der Waals surface area contributed by atoms with Crippen LogP contribution in [0.5, 0.6) is 0 Å². The summed E-state index contributed by atoms with van der Waals surface area (Å²) >= 11 is 0. The molecule has 0 aromatic heterocycles. The lowest BCUT2D eigenvalue weighted by atomic mass is 9.47. The Labute approximate surface area is 128 Å². The Morgan fingerprint density at radius 1 is 0.952 bits per heavy atom. The minimum atomic E-state index is -1.56. The molecule has 0 bridgehead atoms. The van der Waals surface area contributed by atoms with Crippen LogP contribution in [0.25, 0.3) is 0 Å². The molecule has 5 atom stereocenters. The SMILES string of the molecule is C[C@@]12CCC[C@H]1[C@H]1[C@@H](CC2)[C@@]2(C)CCCCC2=CC1(O)O. The maximum absolute atomic E-state index is 10.9. The Hall–Kier alpha value is -0.340. The van der Waals surface area contributed by atoms with Crippen LogP contribution in [0.1, 0.15) is 71.6 Å². The first kappa shape index (κ1) is 14.3. The molecule has 4 rings (SSSR count). The fraction of sp³-hybridized carbons (Fsp3) is 0.895. The van der Waals surface area contributed by atoms with E-state index >= 15 is 0 Å². The zero-order chi connectivity index (χ0) is 14.9. The van der Waals surface area contributed by atoms with E-state index in [1.165, 1.54) is 56.9 Å². The molecule has 0 aromatic carbocycles. The second-order valence-corrected chi connectivity index (χ2v) is 8.90. The predicted octanol–water partition coefficient (Wildman–Crippen LogP) is 4.02. The molecular formula is C19H30O2. The third kappa shape index (κ3) is 1.84. The molecule has 0 aliphatic heterocycles. The molecule has 0 heterocycles. The van der Waals surface area contributed by atoms with Gasteiger partial charge in [0.1, 0.15) is 0 Å². The molecule has 0 saturated heterocycles. The standard InChI is InChI=1S/C19H30O2/c1-17-9-5-7-14(17)16-15(8-11-17)18(2)10-4-3-6-13(18)12-19(16,20)21/h12,14-16,20-21H,3-11H2,1-2H3/t14-,15+,16-,17-,18-/m0/s1. The summed E-state index contributed by atoms with van der Waals surface area (Å²) in [6, 6.07) is 0. The van der Waals surface area contributed by atoms with Crippen molar-refractivity contribution in [2.45, 2.75) is 77.4 Å². The number of hydrogen-bond donors (Lipinski definition) is 2. The third-order valence-electron chi connectivity index (χ3n) is 7.87. The van der Waals surface area contributed by atoms with Crippen LogP contribution in [-0.4, -0.2) is 16.0 Å². The van der Waals surface area contributed by atoms with Gasteiger partial charge >= 0.3 is 0 Å². The average Bonchev–Trinajstić information content (AvgIpc) is 2.80. The van der Waals surface area contributed by atoms with Gasteiger partial charge < -0.3 is 10.2 Å². The van der Waals surface area contributed by atoms with Crippen molar-refractivity contribution in [3.63, 3.8) is 0 Å². The Morgan fingerprint density at radius 2 is 1.76 bits per heavy atom. The van der Waals surface area contributed by atoms with Crippen molar-refractivity contribution in [3.05, 3.63) is 11.6 Å². The number of aliphatic hydroxyl groups is 2. The Balaban J connectivity index is 1.81. The van der Waals surface area contributed by atoms with Gasteiger partial charge in [-0.15, -0.1) is 0 Å². The highest BCUT2D eigenvalue weighted by Gasteiger charge is 2.61. The molecule has 118 valence electrons. The lowest BCUT2D eigenvalue weighted by Gasteiger charge is -2.59. The van der Waals surface area contributed by atoms with Gasteiger partial charge in [-0.3, -0.25) is 0 Å². The van der Waals surface area contributed by atoms with Crippen molar-refractivity contribution in [2.75, 3.05) is 0 Å². The van der Waals surface area contributed by atoms with Crippen LogP contribution in [0.15, 0.2) is 11.6 Å². The van der Waals surface area contributed by atoms with Crippen molar-refractivity contribution in [1.82, 2.24) is 0 Å². The summed E-state index contributed by atoms with van der Waals surface area (Å²) in [4.78, 5) is 0. The maximum atomic E-state index is 10.9. The van der Waals surface area contributed by atoms with Gasteiger partial charge in [0, 0.05) is 5.92 Å². The van der Waals surface area contributed by atoms with E-state index in [0.29, 0.717) is 17.3 Å². The van der Waals surface area contributed by atoms with E-state index in [2.05, 4.69) is 13.8 Å². The van der Waals surface area contributed by atoms with Crippen molar-refractivity contribution in [2.24, 2.45) is 28.6 Å². The maximum Gasteiger partial charge on any atom is 0.186 e. The van der Waals surface area contributed by atoms with Crippen molar-refractivity contribution in [1.29, 1.82) is 0 Å². The molecule has 3 saturated carbocycles. The van der Waals surface area contributed by atoms with Crippen molar-refractivity contribution < 1.29 is 10.2 Å². The molecule has 2 N–H and O–H groups in total. The van der Waals surface area contributed by atoms with Crippen molar-refractivity contribution >= 4 is 0 Å². The first-order valence-electron chi connectivity index (χ1n) is 9.04. The lowest BCUT2D eigenvalue weighted by Crippen LogP contribution is -2.58.